The van der Waals surface area contributed by atoms with Crippen LogP contribution in [0.4, 0.5) is 0 Å². The Morgan fingerprint density at radius 3 is 2.27 bits per heavy atom. The molecule has 2 N–H and O–H groups in total. The van der Waals surface area contributed by atoms with Gasteiger partial charge in [-0.05, 0) is 45.1 Å². The maximum absolute atomic E-state index is 11.5. The molecule has 0 radical (unpaired) electrons. The number of hydrogen-bond donors (Lipinski definition) is 1. The first-order valence-corrected chi connectivity index (χ1v) is 8.90. The summed E-state index contributed by atoms with van der Waals surface area (Å²) in [5.74, 6) is -0.296. The molecule has 0 unspecified atom stereocenters. The molecule has 0 bridgehead atoms. The number of allylic oxidation sites excluding steroid dienone is 4. The molecule has 0 aromatic carbocycles. The quantitative estimate of drug-likeness (QED) is 0.437. The van der Waals surface area contributed by atoms with E-state index in [0.717, 1.165) is 29.6 Å². The third kappa shape index (κ3) is 6.64. The van der Waals surface area contributed by atoms with Crippen molar-refractivity contribution in [3.8, 4) is 0 Å². The molecule has 0 atom stereocenters. The van der Waals surface area contributed by atoms with E-state index in [1.807, 2.05) is 13.8 Å². The maximum atomic E-state index is 11.5. The van der Waals surface area contributed by atoms with Crippen LogP contribution >= 0.6 is 0 Å². The molecule has 0 spiro atoms. The molecule has 0 aromatic rings. The molecule has 0 aromatic heterocycles. The Labute approximate surface area is 136 Å². The molecule has 0 saturated heterocycles. The first kappa shape index (κ1) is 18.7. The summed E-state index contributed by atoms with van der Waals surface area (Å²) in [6.07, 6.45) is 16.9. The van der Waals surface area contributed by atoms with Crippen LogP contribution in [0.3, 0.4) is 0 Å². The predicted molar refractivity (Wildman–Crippen MR) is 95.6 cm³/mol. The number of carbonyl (C=O) groups excluding carboxylic acids is 1. The standard InChI is InChI=1S/C20H33NO/c1-4-5-6-7-8-9-10-11-18-14-12-16(2)19(20(21)22)17(3)13-15-18/h12,15H,4-11,13-14H2,1-3H3,(H2,21,22)/b16-12?,18-15-,19-17+. The fraction of sp³-hybridized carbons (Fsp3) is 0.650. The average molecular weight is 303 g/mol. The monoisotopic (exact) mass is 303 g/mol. The highest BCUT2D eigenvalue weighted by molar-refractivity contribution is 5.97. The van der Waals surface area contributed by atoms with Crippen molar-refractivity contribution in [1.29, 1.82) is 0 Å². The van der Waals surface area contributed by atoms with Crippen LogP contribution in [0.2, 0.25) is 0 Å². The van der Waals surface area contributed by atoms with Crippen LogP contribution < -0.4 is 5.73 Å². The van der Waals surface area contributed by atoms with Crippen LogP contribution in [0, 0.1) is 0 Å². The van der Waals surface area contributed by atoms with Crippen LogP contribution in [-0.4, -0.2) is 5.91 Å². The van der Waals surface area contributed by atoms with E-state index in [1.165, 1.54) is 56.9 Å². The number of primary amides is 1. The fourth-order valence-electron chi connectivity index (χ4n) is 3.12. The second-order valence-electron chi connectivity index (χ2n) is 6.55. The topological polar surface area (TPSA) is 43.1 Å². The van der Waals surface area contributed by atoms with E-state index >= 15 is 0 Å². The number of hydrogen-bond acceptors (Lipinski definition) is 1. The third-order valence-electron chi connectivity index (χ3n) is 4.54. The van der Waals surface area contributed by atoms with Gasteiger partial charge in [0, 0.05) is 5.57 Å². The maximum Gasteiger partial charge on any atom is 0.248 e. The van der Waals surface area contributed by atoms with Crippen molar-refractivity contribution in [2.45, 2.75) is 85.0 Å². The fourth-order valence-corrected chi connectivity index (χ4v) is 3.12. The van der Waals surface area contributed by atoms with Crippen molar-refractivity contribution in [2.24, 2.45) is 5.73 Å². The lowest BCUT2D eigenvalue weighted by Crippen LogP contribution is -2.17. The van der Waals surface area contributed by atoms with Gasteiger partial charge in [0.05, 0.1) is 0 Å². The molecular weight excluding hydrogens is 270 g/mol. The van der Waals surface area contributed by atoms with E-state index in [4.69, 9.17) is 5.73 Å². The van der Waals surface area contributed by atoms with E-state index < -0.39 is 0 Å². The minimum absolute atomic E-state index is 0.296. The third-order valence-corrected chi connectivity index (χ3v) is 4.54. The van der Waals surface area contributed by atoms with Gasteiger partial charge >= 0.3 is 0 Å². The van der Waals surface area contributed by atoms with Crippen molar-refractivity contribution >= 4 is 5.91 Å². The van der Waals surface area contributed by atoms with E-state index in [0.29, 0.717) is 0 Å². The second kappa shape index (κ2) is 10.4. The van der Waals surface area contributed by atoms with Gasteiger partial charge in [-0.2, -0.15) is 0 Å². The zero-order chi connectivity index (χ0) is 16.4. The minimum Gasteiger partial charge on any atom is -0.366 e. The largest absolute Gasteiger partial charge is 0.366 e. The molecular formula is C20H33NO. The van der Waals surface area contributed by atoms with Crippen LogP contribution in [0.1, 0.15) is 85.0 Å². The van der Waals surface area contributed by atoms with Gasteiger partial charge in [-0.1, -0.05) is 68.7 Å². The van der Waals surface area contributed by atoms with Gasteiger partial charge in [0.1, 0.15) is 0 Å². The Bertz CT molecular complexity index is 454. The van der Waals surface area contributed by atoms with Gasteiger partial charge in [0.2, 0.25) is 5.91 Å². The van der Waals surface area contributed by atoms with Crippen LogP contribution in [0.15, 0.2) is 34.4 Å². The minimum atomic E-state index is -0.296. The number of unbranched alkanes of at least 4 members (excludes halogenated alkanes) is 6. The molecule has 124 valence electrons. The number of amides is 1. The summed E-state index contributed by atoms with van der Waals surface area (Å²) in [7, 11) is 0. The number of nitrogens with two attached hydrogens (primary N) is 1. The van der Waals surface area contributed by atoms with Gasteiger partial charge in [0.25, 0.3) is 0 Å². The number of rotatable bonds is 9. The van der Waals surface area contributed by atoms with Gasteiger partial charge in [0.15, 0.2) is 0 Å². The van der Waals surface area contributed by atoms with Crippen molar-refractivity contribution < 1.29 is 4.79 Å². The lowest BCUT2D eigenvalue weighted by Gasteiger charge is -2.14. The molecule has 1 amide bonds. The highest BCUT2D eigenvalue weighted by Gasteiger charge is 2.13. The zero-order valence-electron chi connectivity index (χ0n) is 14.7. The Hall–Kier alpha value is -1.31. The summed E-state index contributed by atoms with van der Waals surface area (Å²) in [4.78, 5) is 11.5. The van der Waals surface area contributed by atoms with E-state index in [-0.39, 0.29) is 5.91 Å². The summed E-state index contributed by atoms with van der Waals surface area (Å²) in [5.41, 5.74) is 9.86. The lowest BCUT2D eigenvalue weighted by atomic mass is 9.92. The Balaban J connectivity index is 2.43. The molecule has 2 nitrogen and oxygen atoms in total. The van der Waals surface area contributed by atoms with Crippen LogP contribution in [0.5, 0.6) is 0 Å². The molecule has 1 aliphatic carbocycles. The summed E-state index contributed by atoms with van der Waals surface area (Å²) in [6, 6.07) is 0. The van der Waals surface area contributed by atoms with Crippen molar-refractivity contribution in [1.82, 2.24) is 0 Å². The second-order valence-corrected chi connectivity index (χ2v) is 6.55. The summed E-state index contributed by atoms with van der Waals surface area (Å²) >= 11 is 0. The molecule has 1 rings (SSSR count). The SMILES string of the molecule is CCCCCCCCC/C1=C/C/C(C)=C(/C(N)=O)C(C)=CC1. The van der Waals surface area contributed by atoms with Gasteiger partial charge in [-0.25, -0.2) is 0 Å². The van der Waals surface area contributed by atoms with Crippen molar-refractivity contribution in [3.63, 3.8) is 0 Å². The van der Waals surface area contributed by atoms with E-state index in [1.54, 1.807) is 0 Å². The molecule has 0 saturated carbocycles. The van der Waals surface area contributed by atoms with Crippen molar-refractivity contribution in [3.05, 3.63) is 34.4 Å². The first-order valence-electron chi connectivity index (χ1n) is 8.90. The number of carbonyl (C=O) groups is 1. The van der Waals surface area contributed by atoms with Crippen LogP contribution in [0.25, 0.3) is 0 Å². The summed E-state index contributed by atoms with van der Waals surface area (Å²) < 4.78 is 0. The average Bonchev–Trinajstić information content (AvgIpc) is 2.46. The summed E-state index contributed by atoms with van der Waals surface area (Å²) in [6.45, 7) is 6.28. The lowest BCUT2D eigenvalue weighted by molar-refractivity contribution is -0.114. The molecule has 1 aliphatic rings. The summed E-state index contributed by atoms with van der Waals surface area (Å²) in [5, 5.41) is 0. The Morgan fingerprint density at radius 1 is 1.00 bits per heavy atom. The van der Waals surface area contributed by atoms with Gasteiger partial charge in [-0.3, -0.25) is 4.79 Å². The van der Waals surface area contributed by atoms with Gasteiger partial charge < -0.3 is 5.73 Å². The van der Waals surface area contributed by atoms with E-state index in [2.05, 4.69) is 19.1 Å². The van der Waals surface area contributed by atoms with Gasteiger partial charge in [-0.15, -0.1) is 0 Å². The zero-order valence-corrected chi connectivity index (χ0v) is 14.7. The molecule has 0 fully saturated rings. The smallest absolute Gasteiger partial charge is 0.248 e. The first-order chi connectivity index (χ1) is 10.6. The Kier molecular flexibility index (Phi) is 8.88. The Morgan fingerprint density at radius 2 is 1.64 bits per heavy atom. The van der Waals surface area contributed by atoms with Crippen LogP contribution in [-0.2, 0) is 4.79 Å². The highest BCUT2D eigenvalue weighted by atomic mass is 16.1. The predicted octanol–water partition coefficient (Wildman–Crippen LogP) is 5.60. The molecule has 0 heterocycles. The normalized spacial score (nSPS) is 21.6. The molecule has 2 heteroatoms. The highest BCUT2D eigenvalue weighted by Crippen LogP contribution is 2.25. The molecule has 0 aliphatic heterocycles. The van der Waals surface area contributed by atoms with Crippen molar-refractivity contribution in [2.75, 3.05) is 0 Å². The molecule has 22 heavy (non-hydrogen) atoms. The van der Waals surface area contributed by atoms with E-state index in [9.17, 15) is 4.79 Å².